The second-order valence-electron chi connectivity index (χ2n) is 11.2. The highest BCUT2D eigenvalue weighted by Crippen LogP contribution is 2.38. The zero-order valence-electron chi connectivity index (χ0n) is 23.8. The number of carbonyl (C=O) groups is 2. The average Bonchev–Trinajstić information content (AvgIpc) is 3.76. The summed E-state index contributed by atoms with van der Waals surface area (Å²) in [5, 5.41) is 6.63. The van der Waals surface area contributed by atoms with E-state index in [4.69, 9.17) is 10.7 Å². The number of carbonyl (C=O) groups excluding carboxylic acids is 2. The smallest absolute Gasteiger partial charge is 0.382 e. The van der Waals surface area contributed by atoms with Crippen LogP contribution in [-0.2, 0) is 11.0 Å². The lowest BCUT2D eigenvalue weighted by molar-refractivity contribution is -0.145. The Balaban J connectivity index is 1.26. The van der Waals surface area contributed by atoms with E-state index in [1.807, 2.05) is 16.2 Å². The minimum absolute atomic E-state index is 0.0166. The first kappa shape index (κ1) is 28.7. The Morgan fingerprint density at radius 2 is 1.84 bits per heavy atom. The van der Waals surface area contributed by atoms with Crippen molar-refractivity contribution in [1.82, 2.24) is 29.0 Å². The third-order valence-electron chi connectivity index (χ3n) is 8.41. The average molecular weight is 595 g/mol. The highest BCUT2D eigenvalue weighted by atomic mass is 19.4. The van der Waals surface area contributed by atoms with E-state index in [0.29, 0.717) is 48.4 Å². The van der Waals surface area contributed by atoms with Gasteiger partial charge in [-0.3, -0.25) is 18.7 Å². The SMILES string of the molecule is CCC(=O)N1CCC[C@@H](c2nc(-c3ccc(C(=O)Nc4cc(C(F)(F)F)n(C5CCCC5)n4)cc3)c3c(N)nccn23)C1. The van der Waals surface area contributed by atoms with Gasteiger partial charge in [0.2, 0.25) is 5.91 Å². The minimum Gasteiger partial charge on any atom is -0.382 e. The summed E-state index contributed by atoms with van der Waals surface area (Å²) >= 11 is 0. The van der Waals surface area contributed by atoms with Gasteiger partial charge in [0.25, 0.3) is 5.91 Å². The number of nitrogen functional groups attached to an aromatic ring is 1. The Kier molecular flexibility index (Phi) is 7.57. The summed E-state index contributed by atoms with van der Waals surface area (Å²) in [6, 6.07) is 7.17. The van der Waals surface area contributed by atoms with Crippen molar-refractivity contribution >= 4 is 29.0 Å². The number of imidazole rings is 1. The summed E-state index contributed by atoms with van der Waals surface area (Å²) in [4.78, 5) is 36.5. The van der Waals surface area contributed by atoms with Gasteiger partial charge in [-0.2, -0.15) is 18.3 Å². The maximum Gasteiger partial charge on any atom is 0.433 e. The predicted molar refractivity (Wildman–Crippen MR) is 154 cm³/mol. The molecule has 13 heteroatoms. The Hall–Kier alpha value is -4.42. The van der Waals surface area contributed by atoms with Crippen molar-refractivity contribution in [1.29, 1.82) is 0 Å². The Morgan fingerprint density at radius 1 is 1.09 bits per heavy atom. The Labute approximate surface area is 246 Å². The molecule has 1 aromatic carbocycles. The highest BCUT2D eigenvalue weighted by Gasteiger charge is 2.38. The molecule has 10 nitrogen and oxygen atoms in total. The standard InChI is InChI=1S/C30H33F3N8O2/c1-2-24(42)39-14-5-6-20(17-39)28-37-25(26-27(34)35-13-15-40(26)28)18-9-11-19(12-10-18)29(43)36-23-16-22(30(31,32)33)41(38-23)21-7-3-4-8-21/h9-13,15-16,20-21H,2-8,14,17H2,1H3,(H2,34,35)(H,36,38,43)/t20-/m1/s1. The van der Waals surface area contributed by atoms with E-state index in [-0.39, 0.29) is 29.2 Å². The molecule has 226 valence electrons. The quantitative estimate of drug-likeness (QED) is 0.296. The molecule has 1 aliphatic heterocycles. The van der Waals surface area contributed by atoms with Crippen molar-refractivity contribution in [3.05, 3.63) is 59.8 Å². The Bertz CT molecular complexity index is 1650. The molecule has 43 heavy (non-hydrogen) atoms. The molecule has 1 saturated carbocycles. The highest BCUT2D eigenvalue weighted by molar-refractivity contribution is 6.04. The first-order chi connectivity index (χ1) is 20.6. The molecule has 1 saturated heterocycles. The number of alkyl halides is 3. The zero-order chi connectivity index (χ0) is 30.3. The maximum absolute atomic E-state index is 13.7. The molecule has 1 aliphatic carbocycles. The molecule has 3 aromatic heterocycles. The van der Waals surface area contributed by atoms with Crippen LogP contribution in [-0.4, -0.2) is 54.0 Å². The number of nitrogens with two attached hydrogens (primary N) is 1. The van der Waals surface area contributed by atoms with Gasteiger partial charge in [0.15, 0.2) is 5.82 Å². The number of halogens is 3. The van der Waals surface area contributed by atoms with Crippen LogP contribution < -0.4 is 11.1 Å². The van der Waals surface area contributed by atoms with Crippen LogP contribution in [0.5, 0.6) is 0 Å². The molecule has 3 N–H and O–H groups in total. The van der Waals surface area contributed by atoms with Gasteiger partial charge in [0.05, 0.1) is 6.04 Å². The fourth-order valence-electron chi connectivity index (χ4n) is 6.28. The molecule has 2 amide bonds. The van der Waals surface area contributed by atoms with Crippen molar-refractivity contribution in [2.75, 3.05) is 24.1 Å². The van der Waals surface area contributed by atoms with Crippen LogP contribution in [0.3, 0.4) is 0 Å². The second-order valence-corrected chi connectivity index (χ2v) is 11.2. The predicted octanol–water partition coefficient (Wildman–Crippen LogP) is 5.68. The minimum atomic E-state index is -4.58. The number of anilines is 2. The van der Waals surface area contributed by atoms with Crippen molar-refractivity contribution in [3.63, 3.8) is 0 Å². The number of nitrogens with zero attached hydrogens (tertiary/aromatic N) is 6. The zero-order valence-corrected chi connectivity index (χ0v) is 23.8. The molecular formula is C30H33F3N8O2. The number of likely N-dealkylation sites (tertiary alicyclic amines) is 1. The first-order valence-corrected chi connectivity index (χ1v) is 14.6. The summed E-state index contributed by atoms with van der Waals surface area (Å²) < 4.78 is 44.0. The first-order valence-electron chi connectivity index (χ1n) is 14.6. The van der Waals surface area contributed by atoms with E-state index in [1.165, 1.54) is 0 Å². The van der Waals surface area contributed by atoms with E-state index in [1.54, 1.807) is 36.7 Å². The normalized spacial score (nSPS) is 18.0. The maximum atomic E-state index is 13.7. The number of hydrogen-bond donors (Lipinski definition) is 2. The van der Waals surface area contributed by atoms with E-state index in [2.05, 4.69) is 15.4 Å². The van der Waals surface area contributed by atoms with Crippen molar-refractivity contribution < 1.29 is 22.8 Å². The van der Waals surface area contributed by atoms with Gasteiger partial charge in [0, 0.05) is 55.0 Å². The number of fused-ring (bicyclic) bond motifs is 1. The third-order valence-corrected chi connectivity index (χ3v) is 8.41. The molecule has 6 rings (SSSR count). The van der Waals surface area contributed by atoms with Crippen LogP contribution in [0.15, 0.2) is 42.7 Å². The fourth-order valence-corrected chi connectivity index (χ4v) is 6.28. The second kappa shape index (κ2) is 11.3. The van der Waals surface area contributed by atoms with Crippen molar-refractivity contribution in [2.45, 2.75) is 70.0 Å². The number of rotatable bonds is 6. The summed E-state index contributed by atoms with van der Waals surface area (Å²) in [7, 11) is 0. The summed E-state index contributed by atoms with van der Waals surface area (Å²) in [6.45, 7) is 3.15. The molecule has 0 spiro atoms. The van der Waals surface area contributed by atoms with Gasteiger partial charge < -0.3 is 16.0 Å². The van der Waals surface area contributed by atoms with Crippen LogP contribution in [0.4, 0.5) is 24.8 Å². The van der Waals surface area contributed by atoms with Crippen LogP contribution in [0.25, 0.3) is 16.8 Å². The van der Waals surface area contributed by atoms with Gasteiger partial charge in [-0.1, -0.05) is 31.9 Å². The number of hydrogen-bond acceptors (Lipinski definition) is 6. The number of amides is 2. The molecular weight excluding hydrogens is 561 g/mol. The van der Waals surface area contributed by atoms with Crippen molar-refractivity contribution in [2.24, 2.45) is 0 Å². The van der Waals surface area contributed by atoms with Gasteiger partial charge in [-0.05, 0) is 37.8 Å². The van der Waals surface area contributed by atoms with Gasteiger partial charge in [0.1, 0.15) is 28.5 Å². The van der Waals surface area contributed by atoms with E-state index in [0.717, 1.165) is 48.8 Å². The molecule has 4 aromatic rings. The third kappa shape index (κ3) is 5.55. The molecule has 2 aliphatic rings. The monoisotopic (exact) mass is 594 g/mol. The van der Waals surface area contributed by atoms with E-state index < -0.39 is 17.8 Å². The molecule has 4 heterocycles. The fraction of sp³-hybridized carbons (Fsp3) is 0.433. The van der Waals surface area contributed by atoms with E-state index >= 15 is 0 Å². The lowest BCUT2D eigenvalue weighted by Gasteiger charge is -2.32. The molecule has 0 radical (unpaired) electrons. The van der Waals surface area contributed by atoms with Gasteiger partial charge >= 0.3 is 6.18 Å². The van der Waals surface area contributed by atoms with E-state index in [9.17, 15) is 22.8 Å². The summed E-state index contributed by atoms with van der Waals surface area (Å²) in [5.41, 5.74) is 7.61. The van der Waals surface area contributed by atoms with Gasteiger partial charge in [-0.25, -0.2) is 9.97 Å². The lowest BCUT2D eigenvalue weighted by atomic mass is 9.97. The van der Waals surface area contributed by atoms with Crippen molar-refractivity contribution in [3.8, 4) is 11.3 Å². The Morgan fingerprint density at radius 3 is 2.53 bits per heavy atom. The number of piperidine rings is 1. The number of aromatic nitrogens is 5. The molecule has 1 atom stereocenters. The summed E-state index contributed by atoms with van der Waals surface area (Å²) in [6.07, 6.45) is 3.98. The van der Waals surface area contributed by atoms with Crippen LogP contribution in [0.1, 0.15) is 85.7 Å². The number of nitrogens with one attached hydrogen (secondary N) is 1. The van der Waals surface area contributed by atoms with Crippen LogP contribution in [0, 0.1) is 0 Å². The topological polar surface area (TPSA) is 123 Å². The van der Waals surface area contributed by atoms with Crippen LogP contribution >= 0.6 is 0 Å². The molecule has 0 unspecified atom stereocenters. The van der Waals surface area contributed by atoms with Gasteiger partial charge in [-0.15, -0.1) is 0 Å². The lowest BCUT2D eigenvalue weighted by Crippen LogP contribution is -2.39. The molecule has 2 fully saturated rings. The summed E-state index contributed by atoms with van der Waals surface area (Å²) in [5.74, 6) is 0.501. The number of benzene rings is 1. The van der Waals surface area contributed by atoms with Crippen LogP contribution in [0.2, 0.25) is 0 Å². The largest absolute Gasteiger partial charge is 0.433 e. The molecule has 0 bridgehead atoms.